The van der Waals surface area contributed by atoms with Gasteiger partial charge in [0.1, 0.15) is 11.5 Å². The van der Waals surface area contributed by atoms with E-state index < -0.39 is 21.4 Å². The fourth-order valence-corrected chi connectivity index (χ4v) is 2.01. The summed E-state index contributed by atoms with van der Waals surface area (Å²) in [6.07, 6.45) is 2.20. The topological polar surface area (TPSA) is 61.8 Å². The van der Waals surface area contributed by atoms with Crippen molar-refractivity contribution in [2.24, 2.45) is 0 Å². The van der Waals surface area contributed by atoms with E-state index >= 15 is 0 Å². The number of methoxy groups -OCH3 is 1. The van der Waals surface area contributed by atoms with Crippen molar-refractivity contribution in [1.29, 1.82) is 0 Å². The third-order valence-electron chi connectivity index (χ3n) is 2.73. The van der Waals surface area contributed by atoms with Crippen molar-refractivity contribution >= 4 is 10.1 Å². The number of rotatable bonds is 9. The van der Waals surface area contributed by atoms with Gasteiger partial charge in [0.15, 0.2) is 0 Å². The number of hydrogen-bond acceptors (Lipinski definition) is 5. The van der Waals surface area contributed by atoms with Crippen molar-refractivity contribution in [1.82, 2.24) is 0 Å². The molecule has 134 valence electrons. The number of hydrogen-bond donors (Lipinski definition) is 0. The number of alkyl halides is 3. The quantitative estimate of drug-likeness (QED) is 0.220. The molecule has 0 fully saturated rings. The summed E-state index contributed by atoms with van der Waals surface area (Å²) in [5.74, 6) is 0.209. The molecule has 0 unspecified atom stereocenters. The molecule has 0 N–H and O–H groups in total. The van der Waals surface area contributed by atoms with E-state index in [9.17, 15) is 21.6 Å². The molecule has 1 aromatic carbocycles. The third kappa shape index (κ3) is 6.25. The number of ether oxygens (including phenoxy) is 2. The van der Waals surface area contributed by atoms with Gasteiger partial charge in [0.05, 0.1) is 20.3 Å². The lowest BCUT2D eigenvalue weighted by Crippen LogP contribution is -2.25. The molecule has 0 amide bonds. The van der Waals surface area contributed by atoms with Crippen LogP contribution < -0.4 is 4.74 Å². The van der Waals surface area contributed by atoms with E-state index in [-0.39, 0.29) is 13.0 Å². The zero-order valence-electron chi connectivity index (χ0n) is 12.9. The average molecular weight is 366 g/mol. The van der Waals surface area contributed by atoms with E-state index in [0.29, 0.717) is 12.4 Å². The maximum atomic E-state index is 12.2. The maximum Gasteiger partial charge on any atom is 0.534 e. The summed E-state index contributed by atoms with van der Waals surface area (Å²) in [6.45, 7) is 3.67. The minimum absolute atomic E-state index is 0.158. The predicted molar refractivity (Wildman–Crippen MR) is 81.6 cm³/mol. The van der Waals surface area contributed by atoms with Crippen LogP contribution in [0.3, 0.4) is 0 Å². The highest BCUT2D eigenvalue weighted by molar-refractivity contribution is 7.87. The number of benzene rings is 1. The molecular formula is C15H17F3O5S. The molecule has 0 radical (unpaired) electrons. The van der Waals surface area contributed by atoms with E-state index in [4.69, 9.17) is 9.47 Å². The molecule has 0 aliphatic rings. The first-order valence-electron chi connectivity index (χ1n) is 6.73. The summed E-state index contributed by atoms with van der Waals surface area (Å²) in [6, 6.07) is 7.15. The zero-order chi connectivity index (χ0) is 18.2. The summed E-state index contributed by atoms with van der Waals surface area (Å²) < 4.78 is 72.7. The molecule has 0 bridgehead atoms. The van der Waals surface area contributed by atoms with Gasteiger partial charge in [-0.1, -0.05) is 18.7 Å². The normalized spacial score (nSPS) is 12.8. The van der Waals surface area contributed by atoms with Crippen LogP contribution >= 0.6 is 0 Å². The Morgan fingerprint density at radius 2 is 1.88 bits per heavy atom. The molecule has 9 heteroatoms. The summed E-state index contributed by atoms with van der Waals surface area (Å²) in [5.41, 5.74) is -4.60. The molecule has 0 spiro atoms. The minimum atomic E-state index is -5.69. The Bertz CT molecular complexity index is 663. The first kappa shape index (κ1) is 20.0. The van der Waals surface area contributed by atoms with Crippen LogP contribution in [0.5, 0.6) is 5.75 Å². The molecule has 1 aromatic rings. The van der Waals surface area contributed by atoms with Crippen molar-refractivity contribution in [2.75, 3.05) is 13.7 Å². The standard InChI is InChI=1S/C15H17F3O5S/c1-3-13(23-24(19,20)15(16,17)18)5-4-10-22-11-12-6-8-14(21-2)9-7-12/h3,5-9H,1,4,10-11H2,2H3/b13-5+. The third-order valence-corrected chi connectivity index (χ3v) is 3.70. The summed E-state index contributed by atoms with van der Waals surface area (Å²) in [5, 5.41) is 0. The fourth-order valence-electron chi connectivity index (χ4n) is 1.52. The molecule has 0 aromatic heterocycles. The number of halogens is 3. The second-order valence-electron chi connectivity index (χ2n) is 4.48. The molecule has 0 aliphatic heterocycles. The van der Waals surface area contributed by atoms with Crippen LogP contribution in [-0.4, -0.2) is 27.6 Å². The van der Waals surface area contributed by atoms with Crippen molar-refractivity contribution < 1.29 is 35.2 Å². The Hall–Kier alpha value is -2.00. The predicted octanol–water partition coefficient (Wildman–Crippen LogP) is 3.54. The first-order valence-corrected chi connectivity index (χ1v) is 8.14. The molecule has 5 nitrogen and oxygen atoms in total. The average Bonchev–Trinajstić information content (AvgIpc) is 2.52. The fraction of sp³-hybridized carbons (Fsp3) is 0.333. The molecule has 0 aliphatic carbocycles. The van der Waals surface area contributed by atoms with Gasteiger partial charge in [0.2, 0.25) is 0 Å². The lowest BCUT2D eigenvalue weighted by molar-refractivity contribution is -0.0519. The van der Waals surface area contributed by atoms with Gasteiger partial charge >= 0.3 is 15.6 Å². The van der Waals surface area contributed by atoms with Gasteiger partial charge < -0.3 is 13.7 Å². The molecule has 24 heavy (non-hydrogen) atoms. The maximum absolute atomic E-state index is 12.2. The second-order valence-corrected chi connectivity index (χ2v) is 6.02. The molecule has 1 rings (SSSR count). The van der Waals surface area contributed by atoms with Crippen LogP contribution in [0.25, 0.3) is 0 Å². The van der Waals surface area contributed by atoms with E-state index in [1.807, 2.05) is 12.1 Å². The van der Waals surface area contributed by atoms with Gasteiger partial charge in [-0.2, -0.15) is 21.6 Å². The molecule has 0 atom stereocenters. The Morgan fingerprint density at radius 3 is 2.38 bits per heavy atom. The van der Waals surface area contributed by atoms with Gasteiger partial charge in [-0.05, 0) is 36.3 Å². The second kappa shape index (κ2) is 8.74. The molecule has 0 saturated heterocycles. The van der Waals surface area contributed by atoms with Crippen molar-refractivity contribution in [2.45, 2.75) is 18.5 Å². The number of allylic oxidation sites excluding steroid dienone is 1. The van der Waals surface area contributed by atoms with Gasteiger partial charge in [-0.3, -0.25) is 0 Å². The van der Waals surface area contributed by atoms with Crippen molar-refractivity contribution in [3.63, 3.8) is 0 Å². The van der Waals surface area contributed by atoms with E-state index in [2.05, 4.69) is 10.8 Å². The van der Waals surface area contributed by atoms with Crippen molar-refractivity contribution in [3.8, 4) is 5.75 Å². The molecular weight excluding hydrogens is 349 g/mol. The largest absolute Gasteiger partial charge is 0.534 e. The van der Waals surface area contributed by atoms with Crippen LogP contribution in [0, 0.1) is 0 Å². The van der Waals surface area contributed by atoms with E-state index in [0.717, 1.165) is 17.7 Å². The van der Waals surface area contributed by atoms with Gasteiger partial charge in [-0.25, -0.2) is 0 Å². The van der Waals surface area contributed by atoms with Crippen molar-refractivity contribution in [3.05, 3.63) is 54.3 Å². The summed E-state index contributed by atoms with van der Waals surface area (Å²) >= 11 is 0. The smallest absolute Gasteiger partial charge is 0.497 e. The van der Waals surface area contributed by atoms with Crippen LogP contribution in [0.1, 0.15) is 12.0 Å². The lowest BCUT2D eigenvalue weighted by Gasteiger charge is -2.10. The first-order chi connectivity index (χ1) is 11.2. The van der Waals surface area contributed by atoms with Gasteiger partial charge in [-0.15, -0.1) is 0 Å². The van der Waals surface area contributed by atoms with Gasteiger partial charge in [0, 0.05) is 0 Å². The van der Waals surface area contributed by atoms with Crippen LogP contribution in [0.4, 0.5) is 13.2 Å². The van der Waals surface area contributed by atoms with Crippen LogP contribution in [0.15, 0.2) is 48.8 Å². The highest BCUT2D eigenvalue weighted by atomic mass is 32.2. The Morgan fingerprint density at radius 1 is 1.25 bits per heavy atom. The monoisotopic (exact) mass is 366 g/mol. The minimum Gasteiger partial charge on any atom is -0.497 e. The lowest BCUT2D eigenvalue weighted by atomic mass is 10.2. The van der Waals surface area contributed by atoms with E-state index in [1.165, 1.54) is 0 Å². The summed E-state index contributed by atoms with van der Waals surface area (Å²) in [7, 11) is -4.14. The zero-order valence-corrected chi connectivity index (χ0v) is 13.7. The SMILES string of the molecule is C=C/C(=C\CCOCc1ccc(OC)cc1)OS(=O)(=O)C(F)(F)F. The van der Waals surface area contributed by atoms with E-state index in [1.54, 1.807) is 19.2 Å². The van der Waals surface area contributed by atoms with Crippen LogP contribution in [-0.2, 0) is 25.6 Å². The summed E-state index contributed by atoms with van der Waals surface area (Å²) in [4.78, 5) is 0. The van der Waals surface area contributed by atoms with Crippen LogP contribution in [0.2, 0.25) is 0 Å². The molecule has 0 heterocycles. The Labute approximate surface area is 138 Å². The molecule has 0 saturated carbocycles. The highest BCUT2D eigenvalue weighted by Gasteiger charge is 2.48. The Balaban J connectivity index is 2.45. The highest BCUT2D eigenvalue weighted by Crippen LogP contribution is 2.26. The Kier molecular flexibility index (Phi) is 7.30. The van der Waals surface area contributed by atoms with Gasteiger partial charge in [0.25, 0.3) is 0 Å².